The highest BCUT2D eigenvalue weighted by Crippen LogP contribution is 2.19. The lowest BCUT2D eigenvalue weighted by Gasteiger charge is -2.24. The molecular formula is C21H30O6. The zero-order chi connectivity index (χ0) is 20.2. The molecule has 0 fully saturated rings. The number of methoxy groups -OCH3 is 1. The Kier molecular flexibility index (Phi) is 10.4. The van der Waals surface area contributed by atoms with Gasteiger partial charge in [0, 0.05) is 12.0 Å². The molecule has 0 bridgehead atoms. The fourth-order valence-electron chi connectivity index (χ4n) is 2.70. The van der Waals surface area contributed by atoms with Crippen molar-refractivity contribution in [2.75, 3.05) is 13.7 Å². The predicted molar refractivity (Wildman–Crippen MR) is 103 cm³/mol. The van der Waals surface area contributed by atoms with Crippen LogP contribution in [0.3, 0.4) is 0 Å². The van der Waals surface area contributed by atoms with E-state index in [1.54, 1.807) is 37.5 Å². The molecule has 1 aromatic carbocycles. The third-order valence-corrected chi connectivity index (χ3v) is 4.39. The number of esters is 1. The number of aliphatic hydroxyl groups is 2. The van der Waals surface area contributed by atoms with Crippen molar-refractivity contribution in [3.05, 3.63) is 35.9 Å². The molecule has 0 aliphatic carbocycles. The van der Waals surface area contributed by atoms with Crippen molar-refractivity contribution in [1.82, 2.24) is 0 Å². The number of aliphatic hydroxyl groups excluding tert-OH is 2. The van der Waals surface area contributed by atoms with Crippen molar-refractivity contribution < 1.29 is 29.3 Å². The molecule has 0 aliphatic rings. The molecule has 0 heterocycles. The summed E-state index contributed by atoms with van der Waals surface area (Å²) >= 11 is 0. The van der Waals surface area contributed by atoms with Crippen molar-refractivity contribution in [2.24, 2.45) is 5.92 Å². The molecule has 0 saturated heterocycles. The third kappa shape index (κ3) is 7.53. The molecule has 27 heavy (non-hydrogen) atoms. The Bertz CT molecular complexity index is 608. The van der Waals surface area contributed by atoms with E-state index in [0.29, 0.717) is 18.6 Å². The molecule has 0 spiro atoms. The average Bonchev–Trinajstić information content (AvgIpc) is 2.70. The molecule has 0 saturated carbocycles. The number of rotatable bonds is 12. The van der Waals surface area contributed by atoms with Crippen LogP contribution in [0.5, 0.6) is 5.75 Å². The summed E-state index contributed by atoms with van der Waals surface area (Å²) in [4.78, 5) is 24.8. The van der Waals surface area contributed by atoms with E-state index in [2.05, 4.69) is 0 Å². The van der Waals surface area contributed by atoms with Gasteiger partial charge in [0.1, 0.15) is 11.9 Å². The topological polar surface area (TPSA) is 93.1 Å². The fraction of sp³-hybridized carbons (Fsp3) is 0.524. The molecule has 0 radical (unpaired) electrons. The van der Waals surface area contributed by atoms with E-state index in [1.807, 2.05) is 13.8 Å². The van der Waals surface area contributed by atoms with E-state index in [-0.39, 0.29) is 11.7 Å². The highest BCUT2D eigenvalue weighted by Gasteiger charge is 2.33. The molecule has 3 unspecified atom stereocenters. The summed E-state index contributed by atoms with van der Waals surface area (Å²) in [6.45, 7) is 3.25. The second kappa shape index (κ2) is 12.3. The van der Waals surface area contributed by atoms with Gasteiger partial charge < -0.3 is 19.7 Å². The van der Waals surface area contributed by atoms with Crippen LogP contribution in [0.25, 0.3) is 6.08 Å². The van der Waals surface area contributed by atoms with Crippen LogP contribution in [-0.4, -0.2) is 47.9 Å². The smallest absolute Gasteiger partial charge is 0.331 e. The lowest BCUT2D eigenvalue weighted by molar-refractivity contribution is -0.161. The Morgan fingerprint density at radius 1 is 1.19 bits per heavy atom. The number of hydrogen-bond donors (Lipinski definition) is 2. The Morgan fingerprint density at radius 3 is 2.37 bits per heavy atom. The highest BCUT2D eigenvalue weighted by atomic mass is 16.6. The molecule has 6 heteroatoms. The second-order valence-electron chi connectivity index (χ2n) is 6.36. The lowest BCUT2D eigenvalue weighted by atomic mass is 9.90. The van der Waals surface area contributed by atoms with Crippen molar-refractivity contribution in [3.8, 4) is 5.75 Å². The summed E-state index contributed by atoms with van der Waals surface area (Å²) in [5, 5.41) is 19.2. The normalized spacial score (nSPS) is 14.6. The van der Waals surface area contributed by atoms with Gasteiger partial charge in [0.05, 0.1) is 13.7 Å². The molecule has 0 aromatic heterocycles. The summed E-state index contributed by atoms with van der Waals surface area (Å²) in [6.07, 6.45) is 3.00. The van der Waals surface area contributed by atoms with Crippen molar-refractivity contribution in [2.45, 2.75) is 51.7 Å². The molecule has 0 aliphatic heterocycles. The van der Waals surface area contributed by atoms with Gasteiger partial charge in [0.15, 0.2) is 11.9 Å². The molecular weight excluding hydrogens is 348 g/mol. The Morgan fingerprint density at radius 2 is 1.85 bits per heavy atom. The summed E-state index contributed by atoms with van der Waals surface area (Å²) in [7, 11) is 1.57. The number of Topliss-reactive ketones (excluding diaryl/α,β-unsaturated/α-hetero) is 1. The fourth-order valence-corrected chi connectivity index (χ4v) is 2.70. The van der Waals surface area contributed by atoms with Gasteiger partial charge in [-0.1, -0.05) is 38.8 Å². The molecule has 2 N–H and O–H groups in total. The third-order valence-electron chi connectivity index (χ3n) is 4.39. The SMILES string of the molecule is CCCCC(CC)C(=O)C(OC(=O)C=Cc1ccc(OC)cc1)C(O)CO. The summed E-state index contributed by atoms with van der Waals surface area (Å²) < 4.78 is 10.3. The maximum atomic E-state index is 12.7. The highest BCUT2D eigenvalue weighted by molar-refractivity contribution is 5.92. The number of carbonyl (C=O) groups is 2. The molecule has 3 atom stereocenters. The zero-order valence-electron chi connectivity index (χ0n) is 16.3. The van der Waals surface area contributed by atoms with Crippen molar-refractivity contribution in [1.29, 1.82) is 0 Å². The van der Waals surface area contributed by atoms with E-state index in [1.165, 1.54) is 6.08 Å². The van der Waals surface area contributed by atoms with E-state index in [4.69, 9.17) is 9.47 Å². The monoisotopic (exact) mass is 378 g/mol. The molecule has 0 amide bonds. The number of benzene rings is 1. The molecule has 150 valence electrons. The maximum absolute atomic E-state index is 12.7. The van der Waals surface area contributed by atoms with Crippen LogP contribution in [-0.2, 0) is 14.3 Å². The first-order valence-corrected chi connectivity index (χ1v) is 9.32. The van der Waals surface area contributed by atoms with Gasteiger partial charge in [0.2, 0.25) is 0 Å². The predicted octanol–water partition coefficient (Wildman–Crippen LogP) is 2.76. The van der Waals surface area contributed by atoms with Gasteiger partial charge in [-0.25, -0.2) is 4.79 Å². The van der Waals surface area contributed by atoms with E-state index in [0.717, 1.165) is 18.4 Å². The van der Waals surface area contributed by atoms with Crippen LogP contribution < -0.4 is 4.74 Å². The Hall–Kier alpha value is -2.18. The molecule has 6 nitrogen and oxygen atoms in total. The van der Waals surface area contributed by atoms with Crippen molar-refractivity contribution >= 4 is 17.8 Å². The van der Waals surface area contributed by atoms with Crippen LogP contribution in [0.2, 0.25) is 0 Å². The number of ether oxygens (including phenoxy) is 2. The van der Waals surface area contributed by atoms with Gasteiger partial charge in [-0.15, -0.1) is 0 Å². The minimum absolute atomic E-state index is 0.311. The van der Waals surface area contributed by atoms with E-state index < -0.39 is 24.8 Å². The average molecular weight is 378 g/mol. The van der Waals surface area contributed by atoms with Gasteiger partial charge in [0.25, 0.3) is 0 Å². The van der Waals surface area contributed by atoms with Gasteiger partial charge in [-0.3, -0.25) is 4.79 Å². The first-order valence-electron chi connectivity index (χ1n) is 9.32. The van der Waals surface area contributed by atoms with Crippen molar-refractivity contribution in [3.63, 3.8) is 0 Å². The minimum atomic E-state index is -1.44. The summed E-state index contributed by atoms with van der Waals surface area (Å²) in [6, 6.07) is 7.05. The Labute approximate surface area is 160 Å². The standard InChI is InChI=1S/C21H30O6/c1-4-6-7-16(5-2)20(25)21(18(23)14-22)27-19(24)13-10-15-8-11-17(26-3)12-9-15/h8-13,16,18,21-23H,4-7,14H2,1-3H3. The zero-order valence-corrected chi connectivity index (χ0v) is 16.3. The van der Waals surface area contributed by atoms with E-state index in [9.17, 15) is 19.8 Å². The maximum Gasteiger partial charge on any atom is 0.331 e. The quantitative estimate of drug-likeness (QED) is 0.429. The first-order chi connectivity index (χ1) is 13.0. The second-order valence-corrected chi connectivity index (χ2v) is 6.36. The molecule has 1 rings (SSSR count). The van der Waals surface area contributed by atoms with Gasteiger partial charge in [-0.2, -0.15) is 0 Å². The largest absolute Gasteiger partial charge is 0.497 e. The van der Waals surface area contributed by atoms with Crippen LogP contribution in [0, 0.1) is 5.92 Å². The van der Waals surface area contributed by atoms with Gasteiger partial charge in [-0.05, 0) is 36.6 Å². The van der Waals surface area contributed by atoms with Crippen LogP contribution >= 0.6 is 0 Å². The summed E-state index contributed by atoms with van der Waals surface area (Å²) in [5.41, 5.74) is 0.757. The van der Waals surface area contributed by atoms with E-state index >= 15 is 0 Å². The van der Waals surface area contributed by atoms with Gasteiger partial charge >= 0.3 is 5.97 Å². The summed E-state index contributed by atoms with van der Waals surface area (Å²) in [5.74, 6) is -0.709. The van der Waals surface area contributed by atoms with Crippen LogP contribution in [0.15, 0.2) is 30.3 Å². The molecule has 1 aromatic rings. The number of hydrogen-bond acceptors (Lipinski definition) is 6. The number of unbranched alkanes of at least 4 members (excludes halogenated alkanes) is 1. The first kappa shape index (κ1) is 22.9. The Balaban J connectivity index is 2.80. The van der Waals surface area contributed by atoms with Crippen LogP contribution in [0.4, 0.5) is 0 Å². The number of ketones is 1. The lowest BCUT2D eigenvalue weighted by Crippen LogP contribution is -2.43. The van der Waals surface area contributed by atoms with Crippen LogP contribution in [0.1, 0.15) is 45.1 Å². The minimum Gasteiger partial charge on any atom is -0.497 e. The number of carbonyl (C=O) groups excluding carboxylic acids is 2.